The van der Waals surface area contributed by atoms with Crippen LogP contribution in [0.2, 0.25) is 0 Å². The molecule has 2 heterocycles. The van der Waals surface area contributed by atoms with E-state index >= 15 is 0 Å². The molecule has 0 aromatic rings. The molecular formula is C7H10N2O4. The number of carboxylic acid groups (broad SMARTS) is 2. The van der Waals surface area contributed by atoms with Crippen molar-refractivity contribution < 1.29 is 19.8 Å². The molecule has 0 saturated carbocycles. The van der Waals surface area contributed by atoms with E-state index in [2.05, 4.69) is 0 Å². The van der Waals surface area contributed by atoms with Gasteiger partial charge in [-0.3, -0.25) is 0 Å². The van der Waals surface area contributed by atoms with Gasteiger partial charge in [0.1, 0.15) is 0 Å². The highest BCUT2D eigenvalue weighted by molar-refractivity contribution is 5.70. The third-order valence-corrected chi connectivity index (χ3v) is 2.73. The first-order valence-electron chi connectivity index (χ1n) is 4.08. The van der Waals surface area contributed by atoms with Gasteiger partial charge in [0.2, 0.25) is 0 Å². The number of rotatable bonds is 0. The van der Waals surface area contributed by atoms with Gasteiger partial charge in [-0.2, -0.15) is 0 Å². The van der Waals surface area contributed by atoms with Crippen LogP contribution in [0, 0.1) is 0 Å². The Bertz CT molecular complexity index is 241. The van der Waals surface area contributed by atoms with Gasteiger partial charge in [-0.05, 0) is 6.42 Å². The van der Waals surface area contributed by atoms with Crippen molar-refractivity contribution in [1.82, 2.24) is 9.80 Å². The van der Waals surface area contributed by atoms with Crippen molar-refractivity contribution in [3.63, 3.8) is 0 Å². The van der Waals surface area contributed by atoms with Crippen LogP contribution >= 0.6 is 0 Å². The number of hydrogen-bond acceptors (Lipinski definition) is 2. The standard InChI is InChI=1S/C7H10N2O4/c10-6(11)8-2-4-1-5(8)3-9(4)7(12)13/h4-5H,1-3H2,(H,10,11)(H,12,13). The number of hydrogen-bond donors (Lipinski definition) is 2. The second-order valence-electron chi connectivity index (χ2n) is 3.41. The Labute approximate surface area is 74.3 Å². The summed E-state index contributed by atoms with van der Waals surface area (Å²) in [5.74, 6) is 0. The van der Waals surface area contributed by atoms with Crippen LogP contribution in [0.4, 0.5) is 9.59 Å². The third kappa shape index (κ3) is 1.09. The lowest BCUT2D eigenvalue weighted by Crippen LogP contribution is -2.49. The molecule has 0 aliphatic carbocycles. The van der Waals surface area contributed by atoms with Gasteiger partial charge in [0.15, 0.2) is 0 Å². The highest BCUT2D eigenvalue weighted by atomic mass is 16.4. The molecule has 2 unspecified atom stereocenters. The second kappa shape index (κ2) is 2.51. The van der Waals surface area contributed by atoms with Crippen molar-refractivity contribution in [2.45, 2.75) is 18.5 Å². The van der Waals surface area contributed by atoms with Gasteiger partial charge in [-0.25, -0.2) is 9.59 Å². The van der Waals surface area contributed by atoms with Gasteiger partial charge in [0, 0.05) is 13.1 Å². The van der Waals surface area contributed by atoms with E-state index < -0.39 is 12.2 Å². The molecule has 2 bridgehead atoms. The Kier molecular flexibility index (Phi) is 1.58. The van der Waals surface area contributed by atoms with Crippen molar-refractivity contribution in [1.29, 1.82) is 0 Å². The summed E-state index contributed by atoms with van der Waals surface area (Å²) in [5.41, 5.74) is 0. The van der Waals surface area contributed by atoms with E-state index in [1.165, 1.54) is 9.80 Å². The summed E-state index contributed by atoms with van der Waals surface area (Å²) >= 11 is 0. The summed E-state index contributed by atoms with van der Waals surface area (Å²) in [4.78, 5) is 23.9. The fourth-order valence-electron chi connectivity index (χ4n) is 2.14. The van der Waals surface area contributed by atoms with Crippen molar-refractivity contribution in [3.8, 4) is 0 Å². The molecule has 6 heteroatoms. The highest BCUT2D eigenvalue weighted by Crippen LogP contribution is 2.30. The number of likely N-dealkylation sites (tertiary alicyclic amines) is 2. The van der Waals surface area contributed by atoms with Crippen molar-refractivity contribution in [2.75, 3.05) is 13.1 Å². The highest BCUT2D eigenvalue weighted by Gasteiger charge is 2.47. The monoisotopic (exact) mass is 186 g/mol. The fourth-order valence-corrected chi connectivity index (χ4v) is 2.14. The Morgan fingerprint density at radius 2 is 1.38 bits per heavy atom. The van der Waals surface area contributed by atoms with Crippen LogP contribution in [-0.2, 0) is 0 Å². The van der Waals surface area contributed by atoms with E-state index in [0.29, 0.717) is 19.5 Å². The molecule has 6 nitrogen and oxygen atoms in total. The Morgan fingerprint density at radius 3 is 1.62 bits per heavy atom. The smallest absolute Gasteiger partial charge is 0.407 e. The van der Waals surface area contributed by atoms with Gasteiger partial charge < -0.3 is 20.0 Å². The van der Waals surface area contributed by atoms with E-state index in [-0.39, 0.29) is 12.1 Å². The summed E-state index contributed by atoms with van der Waals surface area (Å²) in [6, 6.07) is -0.253. The van der Waals surface area contributed by atoms with Gasteiger partial charge in [0.25, 0.3) is 0 Å². The average Bonchev–Trinajstić information content (AvgIpc) is 2.60. The minimum Gasteiger partial charge on any atom is -0.465 e. The Morgan fingerprint density at radius 1 is 1.00 bits per heavy atom. The van der Waals surface area contributed by atoms with E-state index in [0.717, 1.165) is 0 Å². The van der Waals surface area contributed by atoms with E-state index in [1.54, 1.807) is 0 Å². The first-order valence-corrected chi connectivity index (χ1v) is 4.08. The SMILES string of the molecule is O=C(O)N1CC2CC1CN2C(=O)O. The quantitative estimate of drug-likeness (QED) is 0.562. The molecule has 0 aromatic heterocycles. The molecule has 2 saturated heterocycles. The van der Waals surface area contributed by atoms with Crippen molar-refractivity contribution >= 4 is 12.2 Å². The van der Waals surface area contributed by atoms with Gasteiger partial charge in [-0.15, -0.1) is 0 Å². The molecule has 2 fully saturated rings. The van der Waals surface area contributed by atoms with Crippen LogP contribution in [0.1, 0.15) is 6.42 Å². The largest absolute Gasteiger partial charge is 0.465 e. The predicted molar refractivity (Wildman–Crippen MR) is 41.7 cm³/mol. The van der Waals surface area contributed by atoms with Crippen LogP contribution in [-0.4, -0.2) is 57.4 Å². The minimum atomic E-state index is -0.947. The van der Waals surface area contributed by atoms with E-state index in [9.17, 15) is 9.59 Å². The van der Waals surface area contributed by atoms with E-state index in [4.69, 9.17) is 10.2 Å². The molecule has 0 radical (unpaired) electrons. The lowest BCUT2D eigenvalue weighted by Gasteiger charge is -2.30. The fraction of sp³-hybridized carbons (Fsp3) is 0.714. The third-order valence-electron chi connectivity index (χ3n) is 2.73. The molecule has 72 valence electrons. The first kappa shape index (κ1) is 8.15. The molecule has 0 aromatic carbocycles. The van der Waals surface area contributed by atoms with Crippen LogP contribution in [0.15, 0.2) is 0 Å². The number of carbonyl (C=O) groups is 2. The van der Waals surface area contributed by atoms with Crippen molar-refractivity contribution in [2.24, 2.45) is 0 Å². The topological polar surface area (TPSA) is 81.1 Å². The average molecular weight is 186 g/mol. The molecule has 2 aliphatic heterocycles. The van der Waals surface area contributed by atoms with Gasteiger partial charge >= 0.3 is 12.2 Å². The molecule has 2 atom stereocenters. The molecule has 2 aliphatic rings. The molecule has 2 rings (SSSR count). The molecule has 2 N–H and O–H groups in total. The Balaban J connectivity index is 2.07. The maximum absolute atomic E-state index is 10.6. The summed E-state index contributed by atoms with van der Waals surface area (Å²) in [7, 11) is 0. The van der Waals surface area contributed by atoms with Gasteiger partial charge in [-0.1, -0.05) is 0 Å². The van der Waals surface area contributed by atoms with E-state index in [1.807, 2.05) is 0 Å². The zero-order chi connectivity index (χ0) is 9.59. The van der Waals surface area contributed by atoms with Crippen molar-refractivity contribution in [3.05, 3.63) is 0 Å². The maximum atomic E-state index is 10.6. The minimum absolute atomic E-state index is 0.126. The Hall–Kier alpha value is -1.46. The van der Waals surface area contributed by atoms with Crippen LogP contribution in [0.3, 0.4) is 0 Å². The summed E-state index contributed by atoms with van der Waals surface area (Å²) < 4.78 is 0. The number of fused-ring (bicyclic) bond motifs is 2. The molecule has 13 heavy (non-hydrogen) atoms. The summed E-state index contributed by atoms with van der Waals surface area (Å²) in [6.07, 6.45) is -1.24. The lowest BCUT2D eigenvalue weighted by atomic mass is 10.2. The van der Waals surface area contributed by atoms with Gasteiger partial charge in [0.05, 0.1) is 12.1 Å². The second-order valence-corrected chi connectivity index (χ2v) is 3.41. The predicted octanol–water partition coefficient (Wildman–Crippen LogP) is 0.101. The molecule has 2 amide bonds. The van der Waals surface area contributed by atoms with Crippen LogP contribution in [0.5, 0.6) is 0 Å². The lowest BCUT2D eigenvalue weighted by molar-refractivity contribution is 0.0922. The number of nitrogens with zero attached hydrogens (tertiary/aromatic N) is 2. The van der Waals surface area contributed by atoms with Crippen LogP contribution < -0.4 is 0 Å². The zero-order valence-electron chi connectivity index (χ0n) is 6.88. The number of amides is 2. The molecular weight excluding hydrogens is 176 g/mol. The summed E-state index contributed by atoms with van der Waals surface area (Å²) in [6.45, 7) is 0.651. The normalized spacial score (nSPS) is 31.1. The zero-order valence-corrected chi connectivity index (χ0v) is 6.88. The summed E-state index contributed by atoms with van der Waals surface area (Å²) in [5, 5.41) is 17.4. The number of piperazine rings is 1. The van der Waals surface area contributed by atoms with Crippen LogP contribution in [0.25, 0.3) is 0 Å². The maximum Gasteiger partial charge on any atom is 0.407 e. The first-order chi connectivity index (χ1) is 6.09. The molecule has 0 spiro atoms.